The van der Waals surface area contributed by atoms with E-state index in [1.54, 1.807) is 7.11 Å². The van der Waals surface area contributed by atoms with E-state index in [0.717, 1.165) is 25.5 Å². The van der Waals surface area contributed by atoms with Crippen molar-refractivity contribution in [2.45, 2.75) is 44.1 Å². The van der Waals surface area contributed by atoms with Crippen LogP contribution in [-0.4, -0.2) is 19.0 Å². The molecule has 1 saturated carbocycles. The van der Waals surface area contributed by atoms with E-state index in [2.05, 4.69) is 0 Å². The summed E-state index contributed by atoms with van der Waals surface area (Å²) in [5.41, 5.74) is 0.0565. The Labute approximate surface area is 67.9 Å². The standard InChI is InChI=1S/C9H16O2/c1-11-9(7-4-8-10)5-2-3-6-9/h8H,2-7H2,1H3. The second-order valence-electron chi connectivity index (χ2n) is 3.30. The van der Waals surface area contributed by atoms with Gasteiger partial charge in [0.15, 0.2) is 0 Å². The maximum Gasteiger partial charge on any atom is 0.120 e. The molecular weight excluding hydrogens is 140 g/mol. The summed E-state index contributed by atoms with van der Waals surface area (Å²) >= 11 is 0. The molecule has 1 fully saturated rings. The van der Waals surface area contributed by atoms with Crippen LogP contribution in [0.2, 0.25) is 0 Å². The normalized spacial score (nSPS) is 21.9. The van der Waals surface area contributed by atoms with Gasteiger partial charge >= 0.3 is 0 Å². The summed E-state index contributed by atoms with van der Waals surface area (Å²) in [6, 6.07) is 0. The summed E-state index contributed by atoms with van der Waals surface area (Å²) in [5.74, 6) is 0. The number of ether oxygens (including phenoxy) is 1. The zero-order chi connectivity index (χ0) is 8.16. The molecule has 2 nitrogen and oxygen atoms in total. The Kier molecular flexibility index (Phi) is 3.06. The molecule has 0 aliphatic heterocycles. The summed E-state index contributed by atoms with van der Waals surface area (Å²) in [6.07, 6.45) is 7.33. The van der Waals surface area contributed by atoms with E-state index in [0.29, 0.717) is 6.42 Å². The van der Waals surface area contributed by atoms with Gasteiger partial charge in [0.25, 0.3) is 0 Å². The third kappa shape index (κ3) is 2.03. The lowest BCUT2D eigenvalue weighted by molar-refractivity contribution is -0.109. The Morgan fingerprint density at radius 2 is 2.09 bits per heavy atom. The highest BCUT2D eigenvalue weighted by Crippen LogP contribution is 2.35. The molecule has 0 saturated heterocycles. The maximum absolute atomic E-state index is 10.2. The average Bonchev–Trinajstić information content (AvgIpc) is 2.50. The van der Waals surface area contributed by atoms with Gasteiger partial charge in [-0.2, -0.15) is 0 Å². The van der Waals surface area contributed by atoms with Gasteiger partial charge in [-0.3, -0.25) is 0 Å². The van der Waals surface area contributed by atoms with Crippen LogP contribution in [0.15, 0.2) is 0 Å². The van der Waals surface area contributed by atoms with Gasteiger partial charge in [-0.25, -0.2) is 0 Å². The summed E-state index contributed by atoms with van der Waals surface area (Å²) < 4.78 is 5.44. The van der Waals surface area contributed by atoms with Crippen molar-refractivity contribution in [3.63, 3.8) is 0 Å². The Hall–Kier alpha value is -0.370. The fraction of sp³-hybridized carbons (Fsp3) is 0.889. The van der Waals surface area contributed by atoms with Crippen LogP contribution in [0.4, 0.5) is 0 Å². The molecule has 1 aliphatic rings. The lowest BCUT2D eigenvalue weighted by atomic mass is 9.96. The predicted octanol–water partition coefficient (Wildman–Crippen LogP) is 1.92. The van der Waals surface area contributed by atoms with Crippen molar-refractivity contribution in [1.29, 1.82) is 0 Å². The third-order valence-corrected chi connectivity index (χ3v) is 2.67. The average molecular weight is 156 g/mol. The largest absolute Gasteiger partial charge is 0.378 e. The summed E-state index contributed by atoms with van der Waals surface area (Å²) in [5, 5.41) is 0. The molecule has 0 N–H and O–H groups in total. The maximum atomic E-state index is 10.2. The number of hydrogen-bond donors (Lipinski definition) is 0. The summed E-state index contributed by atoms with van der Waals surface area (Å²) in [7, 11) is 1.76. The monoisotopic (exact) mass is 156 g/mol. The Bertz CT molecular complexity index is 126. The highest BCUT2D eigenvalue weighted by atomic mass is 16.5. The summed E-state index contributed by atoms with van der Waals surface area (Å²) in [4.78, 5) is 10.2. The number of rotatable bonds is 4. The highest BCUT2D eigenvalue weighted by molar-refractivity contribution is 5.49. The molecule has 64 valence electrons. The van der Waals surface area contributed by atoms with Crippen molar-refractivity contribution in [2.75, 3.05) is 7.11 Å². The van der Waals surface area contributed by atoms with Crippen molar-refractivity contribution in [1.82, 2.24) is 0 Å². The topological polar surface area (TPSA) is 26.3 Å². The van der Waals surface area contributed by atoms with Crippen LogP contribution in [0.25, 0.3) is 0 Å². The minimum atomic E-state index is 0.0565. The highest BCUT2D eigenvalue weighted by Gasteiger charge is 2.32. The first-order valence-electron chi connectivity index (χ1n) is 4.32. The van der Waals surface area contributed by atoms with Gasteiger partial charge in [0.2, 0.25) is 0 Å². The lowest BCUT2D eigenvalue weighted by Gasteiger charge is -2.26. The van der Waals surface area contributed by atoms with Crippen LogP contribution in [0.1, 0.15) is 38.5 Å². The molecule has 11 heavy (non-hydrogen) atoms. The van der Waals surface area contributed by atoms with Gasteiger partial charge in [0.05, 0.1) is 5.60 Å². The SMILES string of the molecule is COC1(CCC=O)CCCC1. The van der Waals surface area contributed by atoms with Crippen molar-refractivity contribution in [2.24, 2.45) is 0 Å². The third-order valence-electron chi connectivity index (χ3n) is 2.67. The fourth-order valence-electron chi connectivity index (χ4n) is 1.90. The van der Waals surface area contributed by atoms with Crippen molar-refractivity contribution >= 4 is 6.29 Å². The Morgan fingerprint density at radius 3 is 2.55 bits per heavy atom. The molecule has 0 unspecified atom stereocenters. The second-order valence-corrected chi connectivity index (χ2v) is 3.30. The first-order chi connectivity index (χ1) is 5.33. The van der Waals surface area contributed by atoms with Gasteiger partial charge < -0.3 is 9.53 Å². The first-order valence-corrected chi connectivity index (χ1v) is 4.32. The van der Waals surface area contributed by atoms with Crippen LogP contribution in [0.5, 0.6) is 0 Å². The lowest BCUT2D eigenvalue weighted by Crippen LogP contribution is -2.27. The van der Waals surface area contributed by atoms with Crippen LogP contribution in [0, 0.1) is 0 Å². The van der Waals surface area contributed by atoms with Crippen molar-refractivity contribution in [3.05, 3.63) is 0 Å². The molecule has 0 heterocycles. The van der Waals surface area contributed by atoms with Gasteiger partial charge in [-0.15, -0.1) is 0 Å². The Morgan fingerprint density at radius 1 is 1.45 bits per heavy atom. The van der Waals surface area contributed by atoms with E-state index in [9.17, 15) is 4.79 Å². The van der Waals surface area contributed by atoms with Gasteiger partial charge in [0, 0.05) is 13.5 Å². The molecule has 0 amide bonds. The number of methoxy groups -OCH3 is 1. The first kappa shape index (κ1) is 8.72. The molecule has 1 aliphatic carbocycles. The van der Waals surface area contributed by atoms with E-state index in [1.165, 1.54) is 12.8 Å². The van der Waals surface area contributed by atoms with Crippen LogP contribution < -0.4 is 0 Å². The molecule has 0 radical (unpaired) electrons. The minimum Gasteiger partial charge on any atom is -0.378 e. The van der Waals surface area contributed by atoms with Crippen LogP contribution in [-0.2, 0) is 9.53 Å². The smallest absolute Gasteiger partial charge is 0.120 e. The van der Waals surface area contributed by atoms with Crippen LogP contribution >= 0.6 is 0 Å². The molecule has 0 aromatic carbocycles. The van der Waals surface area contributed by atoms with E-state index in [1.807, 2.05) is 0 Å². The molecule has 0 bridgehead atoms. The van der Waals surface area contributed by atoms with Gasteiger partial charge in [0.1, 0.15) is 6.29 Å². The second kappa shape index (κ2) is 3.86. The molecule has 0 aromatic heterocycles. The predicted molar refractivity (Wildman–Crippen MR) is 43.5 cm³/mol. The van der Waals surface area contributed by atoms with E-state index < -0.39 is 0 Å². The van der Waals surface area contributed by atoms with E-state index in [-0.39, 0.29) is 5.60 Å². The summed E-state index contributed by atoms with van der Waals surface area (Å²) in [6.45, 7) is 0. The zero-order valence-corrected chi connectivity index (χ0v) is 7.14. The zero-order valence-electron chi connectivity index (χ0n) is 7.14. The molecule has 0 aromatic rings. The quantitative estimate of drug-likeness (QED) is 0.581. The van der Waals surface area contributed by atoms with Gasteiger partial charge in [-0.05, 0) is 19.3 Å². The molecule has 2 heteroatoms. The number of carbonyl (C=O) groups excluding carboxylic acids is 1. The molecule has 0 atom stereocenters. The minimum absolute atomic E-state index is 0.0565. The fourth-order valence-corrected chi connectivity index (χ4v) is 1.90. The van der Waals surface area contributed by atoms with Crippen LogP contribution in [0.3, 0.4) is 0 Å². The number of aldehydes is 1. The molecule has 0 spiro atoms. The number of carbonyl (C=O) groups is 1. The van der Waals surface area contributed by atoms with E-state index in [4.69, 9.17) is 4.74 Å². The van der Waals surface area contributed by atoms with Crippen molar-refractivity contribution < 1.29 is 9.53 Å². The Balaban J connectivity index is 2.38. The number of hydrogen-bond acceptors (Lipinski definition) is 2. The van der Waals surface area contributed by atoms with E-state index >= 15 is 0 Å². The van der Waals surface area contributed by atoms with Gasteiger partial charge in [-0.1, -0.05) is 12.8 Å². The molecular formula is C9H16O2. The van der Waals surface area contributed by atoms with Crippen molar-refractivity contribution in [3.8, 4) is 0 Å². The molecule has 1 rings (SSSR count).